The van der Waals surface area contributed by atoms with Gasteiger partial charge in [-0.3, -0.25) is 4.79 Å². The lowest BCUT2D eigenvalue weighted by atomic mass is 10.0. The van der Waals surface area contributed by atoms with Crippen LogP contribution in [0.2, 0.25) is 0 Å². The third-order valence-corrected chi connectivity index (χ3v) is 4.19. The molecule has 0 aliphatic carbocycles. The van der Waals surface area contributed by atoms with E-state index in [1.807, 2.05) is 4.90 Å². The van der Waals surface area contributed by atoms with Crippen molar-refractivity contribution in [3.63, 3.8) is 0 Å². The number of amides is 1. The number of para-hydroxylation sites is 1. The number of rotatable bonds is 4. The van der Waals surface area contributed by atoms with Crippen LogP contribution in [0.4, 0.5) is 5.69 Å². The van der Waals surface area contributed by atoms with Crippen LogP contribution in [0.3, 0.4) is 0 Å². The van der Waals surface area contributed by atoms with Gasteiger partial charge in [-0.05, 0) is 25.0 Å². The first kappa shape index (κ1) is 14.9. The monoisotopic (exact) mass is 274 g/mol. The van der Waals surface area contributed by atoms with Gasteiger partial charge in [0.15, 0.2) is 0 Å². The number of hydrogen-bond donors (Lipinski definition) is 0. The maximum absolute atomic E-state index is 12.3. The molecule has 110 valence electrons. The average Bonchev–Trinajstić information content (AvgIpc) is 2.47. The van der Waals surface area contributed by atoms with Gasteiger partial charge in [0.25, 0.3) is 0 Å². The van der Waals surface area contributed by atoms with E-state index in [0.29, 0.717) is 5.91 Å². The Bertz CT molecular complexity index is 450. The lowest BCUT2D eigenvalue weighted by molar-refractivity contribution is -0.135. The quantitative estimate of drug-likeness (QED) is 0.842. The number of nitrogens with zero attached hydrogens (tertiary/aromatic N) is 2. The minimum Gasteiger partial charge on any atom is -0.368 e. The van der Waals surface area contributed by atoms with Crippen LogP contribution in [0.5, 0.6) is 0 Å². The molecule has 20 heavy (non-hydrogen) atoms. The molecule has 1 atom stereocenters. The molecule has 2 rings (SSSR count). The van der Waals surface area contributed by atoms with Crippen molar-refractivity contribution in [1.29, 1.82) is 0 Å². The molecule has 1 fully saturated rings. The molecule has 0 saturated carbocycles. The summed E-state index contributed by atoms with van der Waals surface area (Å²) in [6.45, 7) is 9.92. The van der Waals surface area contributed by atoms with Gasteiger partial charge in [0.2, 0.25) is 5.91 Å². The van der Waals surface area contributed by atoms with Crippen molar-refractivity contribution >= 4 is 11.6 Å². The van der Waals surface area contributed by atoms with E-state index < -0.39 is 0 Å². The Kier molecular flexibility index (Phi) is 5.05. The van der Waals surface area contributed by atoms with Gasteiger partial charge in [-0.2, -0.15) is 0 Å². The predicted octanol–water partition coefficient (Wildman–Crippen LogP) is 3.08. The zero-order valence-corrected chi connectivity index (χ0v) is 12.9. The summed E-state index contributed by atoms with van der Waals surface area (Å²) in [6, 6.07) is 8.48. The fourth-order valence-corrected chi connectivity index (χ4v) is 2.95. The highest BCUT2D eigenvalue weighted by Crippen LogP contribution is 2.21. The Balaban J connectivity index is 1.93. The Morgan fingerprint density at radius 1 is 1.20 bits per heavy atom. The number of piperazine rings is 1. The zero-order chi connectivity index (χ0) is 14.5. The first-order valence-corrected chi connectivity index (χ1v) is 7.72. The molecular formula is C17H26N2O. The second kappa shape index (κ2) is 6.78. The molecule has 3 heteroatoms. The fourth-order valence-electron chi connectivity index (χ4n) is 2.95. The predicted molar refractivity (Wildman–Crippen MR) is 84.0 cm³/mol. The minimum atomic E-state index is 0.171. The lowest BCUT2D eigenvalue weighted by Crippen LogP contribution is -2.50. The van der Waals surface area contributed by atoms with Crippen LogP contribution >= 0.6 is 0 Å². The van der Waals surface area contributed by atoms with E-state index in [9.17, 15) is 4.79 Å². The van der Waals surface area contributed by atoms with Gasteiger partial charge in [0.1, 0.15) is 0 Å². The molecule has 3 nitrogen and oxygen atoms in total. The summed E-state index contributed by atoms with van der Waals surface area (Å²) in [4.78, 5) is 16.7. The number of benzene rings is 1. The summed E-state index contributed by atoms with van der Waals surface area (Å²) in [7, 11) is 0. The van der Waals surface area contributed by atoms with Gasteiger partial charge in [0, 0.05) is 37.8 Å². The van der Waals surface area contributed by atoms with Gasteiger partial charge >= 0.3 is 0 Å². The van der Waals surface area contributed by atoms with Crippen molar-refractivity contribution in [3.05, 3.63) is 29.8 Å². The number of carbonyl (C=O) groups excluding carboxylic acids is 1. The highest BCUT2D eigenvalue weighted by molar-refractivity contribution is 5.78. The van der Waals surface area contributed by atoms with Gasteiger partial charge in [-0.25, -0.2) is 0 Å². The molecule has 0 bridgehead atoms. The molecule has 0 aromatic heterocycles. The molecule has 1 amide bonds. The smallest absolute Gasteiger partial charge is 0.225 e. The summed E-state index contributed by atoms with van der Waals surface area (Å²) in [5.41, 5.74) is 2.62. The van der Waals surface area contributed by atoms with E-state index in [2.05, 4.69) is 49.9 Å². The average molecular weight is 274 g/mol. The van der Waals surface area contributed by atoms with E-state index in [0.717, 1.165) is 39.0 Å². The third-order valence-electron chi connectivity index (χ3n) is 4.19. The first-order chi connectivity index (χ1) is 9.63. The van der Waals surface area contributed by atoms with Crippen LogP contribution in [0.25, 0.3) is 0 Å². The molecular weight excluding hydrogens is 248 g/mol. The number of aryl methyl sites for hydroxylation is 1. The second-order valence-electron chi connectivity index (χ2n) is 5.79. The topological polar surface area (TPSA) is 23.6 Å². The van der Waals surface area contributed by atoms with Crippen LogP contribution < -0.4 is 4.90 Å². The molecule has 1 aromatic carbocycles. The van der Waals surface area contributed by atoms with Crippen LogP contribution in [0.1, 0.15) is 32.3 Å². The van der Waals surface area contributed by atoms with Gasteiger partial charge in [-0.1, -0.05) is 38.5 Å². The Hall–Kier alpha value is -1.51. The molecule has 0 radical (unpaired) electrons. The van der Waals surface area contributed by atoms with Crippen LogP contribution in [0.15, 0.2) is 24.3 Å². The van der Waals surface area contributed by atoms with Crippen molar-refractivity contribution in [2.45, 2.75) is 33.6 Å². The minimum absolute atomic E-state index is 0.171. The highest BCUT2D eigenvalue weighted by atomic mass is 16.2. The summed E-state index contributed by atoms with van der Waals surface area (Å²) in [5, 5.41) is 0. The Morgan fingerprint density at radius 2 is 1.85 bits per heavy atom. The van der Waals surface area contributed by atoms with E-state index >= 15 is 0 Å². The third kappa shape index (κ3) is 3.33. The Labute approximate surface area is 122 Å². The first-order valence-electron chi connectivity index (χ1n) is 7.72. The largest absolute Gasteiger partial charge is 0.368 e. The van der Waals surface area contributed by atoms with Gasteiger partial charge < -0.3 is 9.80 Å². The molecule has 0 N–H and O–H groups in total. The molecule has 1 saturated heterocycles. The van der Waals surface area contributed by atoms with Gasteiger partial charge in [0.05, 0.1) is 0 Å². The summed E-state index contributed by atoms with van der Waals surface area (Å²) in [6.07, 6.45) is 2.08. The van der Waals surface area contributed by atoms with Crippen LogP contribution in [0, 0.1) is 12.8 Å². The van der Waals surface area contributed by atoms with E-state index in [1.54, 1.807) is 0 Å². The molecule has 1 heterocycles. The summed E-state index contributed by atoms with van der Waals surface area (Å²) < 4.78 is 0. The van der Waals surface area contributed by atoms with Crippen molar-refractivity contribution in [2.24, 2.45) is 5.92 Å². The van der Waals surface area contributed by atoms with Crippen molar-refractivity contribution in [1.82, 2.24) is 4.90 Å². The number of anilines is 1. The zero-order valence-electron chi connectivity index (χ0n) is 12.9. The summed E-state index contributed by atoms with van der Waals surface area (Å²) >= 11 is 0. The maximum Gasteiger partial charge on any atom is 0.225 e. The van der Waals surface area contributed by atoms with E-state index in [-0.39, 0.29) is 5.92 Å². The SMILES string of the molecule is CCCC(C)C(=O)N1CCN(c2ccccc2C)CC1. The highest BCUT2D eigenvalue weighted by Gasteiger charge is 2.24. The Morgan fingerprint density at radius 3 is 2.45 bits per heavy atom. The standard InChI is InChI=1S/C17H26N2O/c1-4-7-15(3)17(20)19-12-10-18(11-13-19)16-9-6-5-8-14(16)2/h5-6,8-9,15H,4,7,10-13H2,1-3H3. The molecule has 1 aromatic rings. The molecule has 0 spiro atoms. The van der Waals surface area contributed by atoms with Crippen molar-refractivity contribution < 1.29 is 4.79 Å². The summed E-state index contributed by atoms with van der Waals surface area (Å²) in [5.74, 6) is 0.501. The van der Waals surface area contributed by atoms with Crippen molar-refractivity contribution in [2.75, 3.05) is 31.1 Å². The number of hydrogen-bond acceptors (Lipinski definition) is 2. The second-order valence-corrected chi connectivity index (χ2v) is 5.79. The number of carbonyl (C=O) groups is 1. The van der Waals surface area contributed by atoms with Crippen LogP contribution in [-0.2, 0) is 4.79 Å². The molecule has 1 aliphatic rings. The van der Waals surface area contributed by atoms with E-state index in [1.165, 1.54) is 11.3 Å². The van der Waals surface area contributed by atoms with Gasteiger partial charge in [-0.15, -0.1) is 0 Å². The fraction of sp³-hybridized carbons (Fsp3) is 0.588. The molecule has 1 aliphatic heterocycles. The lowest BCUT2D eigenvalue weighted by Gasteiger charge is -2.37. The molecule has 1 unspecified atom stereocenters. The maximum atomic E-state index is 12.3. The van der Waals surface area contributed by atoms with E-state index in [4.69, 9.17) is 0 Å². The van der Waals surface area contributed by atoms with Crippen LogP contribution in [-0.4, -0.2) is 37.0 Å². The normalized spacial score (nSPS) is 17.1. The van der Waals surface area contributed by atoms with Crippen molar-refractivity contribution in [3.8, 4) is 0 Å².